The molecule has 1 N–H and O–H groups in total. The Kier molecular flexibility index (Phi) is 4.11. The molecule has 3 heterocycles. The first kappa shape index (κ1) is 17.2. The van der Waals surface area contributed by atoms with Gasteiger partial charge in [-0.2, -0.15) is 4.98 Å². The molecule has 1 aromatic carbocycles. The third kappa shape index (κ3) is 3.14. The van der Waals surface area contributed by atoms with Crippen molar-refractivity contribution in [3.8, 4) is 0 Å². The highest BCUT2D eigenvalue weighted by Crippen LogP contribution is 2.28. The lowest BCUT2D eigenvalue weighted by atomic mass is 10.2. The first-order chi connectivity index (χ1) is 12.9. The van der Waals surface area contributed by atoms with E-state index in [1.54, 1.807) is 0 Å². The highest BCUT2D eigenvalue weighted by atomic mass is 32.1. The topological polar surface area (TPSA) is 97.4 Å². The van der Waals surface area contributed by atoms with Crippen molar-refractivity contribution in [2.24, 2.45) is 0 Å². The fraction of sp³-hybridized carbons (Fsp3) is 0.235. The zero-order valence-corrected chi connectivity index (χ0v) is 15.8. The molecule has 138 valence electrons. The van der Waals surface area contributed by atoms with E-state index in [1.165, 1.54) is 22.1 Å². The van der Waals surface area contributed by atoms with Gasteiger partial charge in [-0.15, -0.1) is 5.10 Å². The first-order valence-corrected chi connectivity index (χ1v) is 9.02. The van der Waals surface area contributed by atoms with E-state index in [0.717, 1.165) is 15.4 Å². The molecule has 0 aliphatic heterocycles. The molecule has 0 fully saturated rings. The van der Waals surface area contributed by atoms with Crippen LogP contribution in [-0.4, -0.2) is 44.2 Å². The highest BCUT2D eigenvalue weighted by molar-refractivity contribution is 7.22. The second kappa shape index (κ2) is 6.47. The lowest BCUT2D eigenvalue weighted by Crippen LogP contribution is -2.28. The summed E-state index contributed by atoms with van der Waals surface area (Å²) in [5.41, 5.74) is 2.32. The van der Waals surface area contributed by atoms with Gasteiger partial charge in [0, 0.05) is 19.8 Å². The molecule has 0 aliphatic rings. The van der Waals surface area contributed by atoms with Crippen LogP contribution < -0.4 is 15.9 Å². The Morgan fingerprint density at radius 2 is 2.00 bits per heavy atom. The largest absolute Gasteiger partial charge is 0.354 e. The molecule has 0 radical (unpaired) electrons. The summed E-state index contributed by atoms with van der Waals surface area (Å²) < 4.78 is 3.17. The Morgan fingerprint density at radius 3 is 2.70 bits per heavy atom. The van der Waals surface area contributed by atoms with Gasteiger partial charge >= 0.3 is 5.69 Å². The summed E-state index contributed by atoms with van der Waals surface area (Å²) in [5.74, 6) is -0.327. The van der Waals surface area contributed by atoms with Gasteiger partial charge in [0.15, 0.2) is 16.4 Å². The van der Waals surface area contributed by atoms with Gasteiger partial charge in [-0.05, 0) is 19.1 Å². The SMILES string of the molecule is Cc1ccc(NC(=O)Cn2nc3c4sc(N(C)C)nc4ncn3c2=O)cc1. The minimum atomic E-state index is -0.418. The molecule has 10 heteroatoms. The summed E-state index contributed by atoms with van der Waals surface area (Å²) in [7, 11) is 3.77. The van der Waals surface area contributed by atoms with Gasteiger partial charge in [-0.3, -0.25) is 4.79 Å². The zero-order chi connectivity index (χ0) is 19.1. The van der Waals surface area contributed by atoms with E-state index in [2.05, 4.69) is 20.4 Å². The summed E-state index contributed by atoms with van der Waals surface area (Å²) in [6.45, 7) is 1.78. The lowest BCUT2D eigenvalue weighted by Gasteiger charge is -2.04. The predicted molar refractivity (Wildman–Crippen MR) is 105 cm³/mol. The van der Waals surface area contributed by atoms with Crippen molar-refractivity contribution in [2.75, 3.05) is 24.3 Å². The molecule has 0 spiro atoms. The van der Waals surface area contributed by atoms with Gasteiger partial charge in [0.1, 0.15) is 17.6 Å². The highest BCUT2D eigenvalue weighted by Gasteiger charge is 2.17. The molecular formula is C17H17N7O2S. The zero-order valence-electron chi connectivity index (χ0n) is 15.0. The number of rotatable bonds is 4. The maximum absolute atomic E-state index is 12.6. The standard InChI is InChI=1S/C17H17N7O2S/c1-10-4-6-11(7-5-10)19-12(25)8-24-17(26)23-9-18-14-13(15(23)21-24)27-16(20-14)22(2)3/h4-7,9H,8H2,1-3H3,(H,19,25). The number of aryl methyl sites for hydroxylation is 1. The molecule has 3 aromatic heterocycles. The van der Waals surface area contributed by atoms with E-state index < -0.39 is 5.69 Å². The normalized spacial score (nSPS) is 11.2. The van der Waals surface area contributed by atoms with Crippen LogP contribution in [0.2, 0.25) is 0 Å². The van der Waals surface area contributed by atoms with Crippen LogP contribution >= 0.6 is 11.3 Å². The molecule has 0 atom stereocenters. The fourth-order valence-electron chi connectivity index (χ4n) is 2.59. The van der Waals surface area contributed by atoms with Gasteiger partial charge in [0.05, 0.1) is 0 Å². The van der Waals surface area contributed by atoms with E-state index in [-0.39, 0.29) is 12.5 Å². The molecule has 27 heavy (non-hydrogen) atoms. The Labute approximate surface area is 157 Å². The monoisotopic (exact) mass is 383 g/mol. The summed E-state index contributed by atoms with van der Waals surface area (Å²) in [6, 6.07) is 7.43. The summed E-state index contributed by atoms with van der Waals surface area (Å²) in [5, 5.41) is 7.86. The molecule has 4 rings (SSSR count). The molecule has 0 saturated carbocycles. The molecule has 1 amide bonds. The third-order valence-electron chi connectivity index (χ3n) is 3.98. The Hall–Kier alpha value is -3.27. The maximum Gasteiger partial charge on any atom is 0.352 e. The number of hydrogen-bond donors (Lipinski definition) is 1. The van der Waals surface area contributed by atoms with Gasteiger partial charge < -0.3 is 10.2 Å². The molecule has 0 saturated heterocycles. The van der Waals surface area contributed by atoms with Crippen molar-refractivity contribution in [2.45, 2.75) is 13.5 Å². The van der Waals surface area contributed by atoms with Crippen molar-refractivity contribution in [3.05, 3.63) is 46.6 Å². The second-order valence-electron chi connectivity index (χ2n) is 6.34. The first-order valence-electron chi connectivity index (χ1n) is 8.21. The molecule has 0 bridgehead atoms. The molecule has 0 unspecified atom stereocenters. The van der Waals surface area contributed by atoms with Gasteiger partial charge in [-0.25, -0.2) is 18.9 Å². The van der Waals surface area contributed by atoms with Crippen molar-refractivity contribution in [1.82, 2.24) is 24.1 Å². The minimum Gasteiger partial charge on any atom is -0.354 e. The molecule has 0 aliphatic carbocycles. The van der Waals surface area contributed by atoms with Gasteiger partial charge in [0.2, 0.25) is 5.91 Å². The average molecular weight is 383 g/mol. The van der Waals surface area contributed by atoms with Crippen LogP contribution in [-0.2, 0) is 11.3 Å². The van der Waals surface area contributed by atoms with Crippen LogP contribution in [0.25, 0.3) is 16.0 Å². The maximum atomic E-state index is 12.6. The van der Waals surface area contributed by atoms with Crippen LogP contribution in [0.15, 0.2) is 35.4 Å². The smallest absolute Gasteiger partial charge is 0.352 e. The molecule has 9 nitrogen and oxygen atoms in total. The average Bonchev–Trinajstić information content (AvgIpc) is 3.19. The number of nitrogens with zero attached hydrogens (tertiary/aromatic N) is 6. The Bertz CT molecular complexity index is 1200. The number of aromatic nitrogens is 5. The Morgan fingerprint density at radius 1 is 1.26 bits per heavy atom. The number of anilines is 2. The van der Waals surface area contributed by atoms with Crippen molar-refractivity contribution < 1.29 is 4.79 Å². The third-order valence-corrected chi connectivity index (χ3v) is 5.19. The lowest BCUT2D eigenvalue weighted by molar-refractivity contribution is -0.117. The van der Waals surface area contributed by atoms with E-state index in [1.807, 2.05) is 50.2 Å². The van der Waals surface area contributed by atoms with E-state index in [4.69, 9.17) is 0 Å². The summed E-state index contributed by atoms with van der Waals surface area (Å²) in [6.07, 6.45) is 1.39. The van der Waals surface area contributed by atoms with Crippen molar-refractivity contribution in [1.29, 1.82) is 0 Å². The van der Waals surface area contributed by atoms with Crippen LogP contribution in [0.3, 0.4) is 0 Å². The van der Waals surface area contributed by atoms with E-state index in [0.29, 0.717) is 21.7 Å². The minimum absolute atomic E-state index is 0.185. The molecule has 4 aromatic rings. The van der Waals surface area contributed by atoms with Crippen LogP contribution in [0.4, 0.5) is 10.8 Å². The number of carbonyl (C=O) groups excluding carboxylic acids is 1. The van der Waals surface area contributed by atoms with Gasteiger partial charge in [0.25, 0.3) is 0 Å². The number of nitrogens with one attached hydrogen (secondary N) is 1. The van der Waals surface area contributed by atoms with Crippen molar-refractivity contribution in [3.63, 3.8) is 0 Å². The van der Waals surface area contributed by atoms with Gasteiger partial charge in [-0.1, -0.05) is 29.0 Å². The van der Waals surface area contributed by atoms with Crippen molar-refractivity contribution >= 4 is 44.1 Å². The number of hydrogen-bond acceptors (Lipinski definition) is 7. The number of fused-ring (bicyclic) bond motifs is 3. The van der Waals surface area contributed by atoms with Crippen LogP contribution in [0.1, 0.15) is 5.56 Å². The molecular weight excluding hydrogens is 366 g/mol. The Balaban J connectivity index is 1.66. The van der Waals surface area contributed by atoms with E-state index in [9.17, 15) is 9.59 Å². The van der Waals surface area contributed by atoms with Crippen LogP contribution in [0, 0.1) is 6.92 Å². The number of thiazole rings is 1. The quantitative estimate of drug-likeness (QED) is 0.574. The fourth-order valence-corrected chi connectivity index (χ4v) is 3.51. The van der Waals surface area contributed by atoms with E-state index >= 15 is 0 Å². The number of carbonyl (C=O) groups is 1. The van der Waals surface area contributed by atoms with Crippen LogP contribution in [0.5, 0.6) is 0 Å². The summed E-state index contributed by atoms with van der Waals surface area (Å²) in [4.78, 5) is 35.4. The number of amides is 1. The second-order valence-corrected chi connectivity index (χ2v) is 7.31. The number of benzene rings is 1. The summed E-state index contributed by atoms with van der Waals surface area (Å²) >= 11 is 1.40. The predicted octanol–water partition coefficient (Wildman–Crippen LogP) is 1.51.